The van der Waals surface area contributed by atoms with Crippen LogP contribution in [0.3, 0.4) is 0 Å². The molecule has 0 saturated carbocycles. The first-order valence-electron chi connectivity index (χ1n) is 10.1. The van der Waals surface area contributed by atoms with Crippen molar-refractivity contribution in [3.8, 4) is 0 Å². The van der Waals surface area contributed by atoms with Crippen molar-refractivity contribution >= 4 is 35.6 Å². The Bertz CT molecular complexity index is 710. The Kier molecular flexibility index (Phi) is 13.0. The molecule has 12 N–H and O–H groups in total. The minimum Gasteiger partial charge on any atom is -0.480 e. The Morgan fingerprint density at radius 3 is 2.06 bits per heavy atom. The third kappa shape index (κ3) is 11.7. The van der Waals surface area contributed by atoms with Gasteiger partial charge in [-0.25, -0.2) is 0 Å². The minimum atomic E-state index is -1.37. The summed E-state index contributed by atoms with van der Waals surface area (Å²) in [6.45, 7) is 3.09. The topological polar surface area (TPSA) is 258 Å². The fourth-order valence-corrected chi connectivity index (χ4v) is 2.52. The van der Waals surface area contributed by atoms with Crippen molar-refractivity contribution in [1.82, 2.24) is 16.0 Å². The summed E-state index contributed by atoms with van der Waals surface area (Å²) < 4.78 is 0. The smallest absolute Gasteiger partial charge is 0.322 e. The summed E-state index contributed by atoms with van der Waals surface area (Å²) in [6, 6.07) is -3.47. The Morgan fingerprint density at radius 1 is 0.969 bits per heavy atom. The lowest BCUT2D eigenvalue weighted by atomic mass is 9.99. The van der Waals surface area contributed by atoms with E-state index in [9.17, 15) is 24.0 Å². The summed E-state index contributed by atoms with van der Waals surface area (Å²) in [4.78, 5) is 63.3. The van der Waals surface area contributed by atoms with Crippen LogP contribution in [0.25, 0.3) is 0 Å². The maximum atomic E-state index is 12.7. The van der Waals surface area contributed by atoms with E-state index in [1.54, 1.807) is 6.92 Å². The Hall–Kier alpha value is -3.42. The highest BCUT2D eigenvalue weighted by molar-refractivity contribution is 5.95. The molecule has 0 aromatic rings. The molecule has 0 aromatic carbocycles. The molecule has 14 nitrogen and oxygen atoms in total. The Balaban J connectivity index is 5.38. The average Bonchev–Trinajstić information content (AvgIpc) is 2.71. The van der Waals surface area contributed by atoms with Crippen LogP contribution in [0.15, 0.2) is 4.99 Å². The van der Waals surface area contributed by atoms with Crippen LogP contribution in [-0.4, -0.2) is 71.9 Å². The van der Waals surface area contributed by atoms with Gasteiger partial charge in [-0.3, -0.25) is 29.0 Å². The quantitative estimate of drug-likeness (QED) is 0.0685. The van der Waals surface area contributed by atoms with E-state index in [1.807, 2.05) is 6.92 Å². The van der Waals surface area contributed by atoms with Gasteiger partial charge in [-0.05, 0) is 18.8 Å². The van der Waals surface area contributed by atoms with Crippen LogP contribution >= 0.6 is 0 Å². The molecule has 0 aliphatic carbocycles. The van der Waals surface area contributed by atoms with Crippen LogP contribution in [0, 0.1) is 5.92 Å². The van der Waals surface area contributed by atoms with Crippen LogP contribution in [0.2, 0.25) is 0 Å². The highest BCUT2D eigenvalue weighted by Crippen LogP contribution is 2.07. The molecule has 0 aliphatic rings. The molecule has 0 rings (SSSR count). The van der Waals surface area contributed by atoms with Crippen LogP contribution < -0.4 is 38.9 Å². The molecule has 0 heterocycles. The molecule has 0 spiro atoms. The van der Waals surface area contributed by atoms with E-state index >= 15 is 0 Å². The van der Waals surface area contributed by atoms with Gasteiger partial charge in [0, 0.05) is 6.54 Å². The molecule has 0 fully saturated rings. The second-order valence-corrected chi connectivity index (χ2v) is 7.26. The molecule has 32 heavy (non-hydrogen) atoms. The van der Waals surface area contributed by atoms with Crippen LogP contribution in [0.4, 0.5) is 0 Å². The number of carbonyl (C=O) groups is 5. The number of nitrogens with one attached hydrogen (secondary N) is 3. The van der Waals surface area contributed by atoms with E-state index in [4.69, 9.17) is 28.0 Å². The summed E-state index contributed by atoms with van der Waals surface area (Å²) in [5.41, 5.74) is 21.5. The van der Waals surface area contributed by atoms with Crippen molar-refractivity contribution in [2.75, 3.05) is 13.1 Å². The number of guanidine groups is 1. The predicted octanol–water partition coefficient (Wildman–Crippen LogP) is -3.54. The first-order valence-corrected chi connectivity index (χ1v) is 10.1. The van der Waals surface area contributed by atoms with Crippen molar-refractivity contribution in [1.29, 1.82) is 0 Å². The third-order valence-electron chi connectivity index (χ3n) is 4.59. The second-order valence-electron chi connectivity index (χ2n) is 7.26. The molecule has 0 bridgehead atoms. The third-order valence-corrected chi connectivity index (χ3v) is 4.59. The number of carbonyl (C=O) groups excluding carboxylic acids is 4. The average molecular weight is 459 g/mol. The van der Waals surface area contributed by atoms with Gasteiger partial charge in [0.2, 0.25) is 23.6 Å². The van der Waals surface area contributed by atoms with Gasteiger partial charge in [0.15, 0.2) is 5.96 Å². The molecule has 0 radical (unpaired) electrons. The predicted molar refractivity (Wildman–Crippen MR) is 116 cm³/mol. The number of carboxylic acids is 1. The largest absolute Gasteiger partial charge is 0.480 e. The number of aliphatic imine (C=N–C) groups is 1. The van der Waals surface area contributed by atoms with Gasteiger partial charge < -0.3 is 44.0 Å². The summed E-state index contributed by atoms with van der Waals surface area (Å²) >= 11 is 0. The minimum absolute atomic E-state index is 0.0532. The van der Waals surface area contributed by atoms with Crippen molar-refractivity contribution in [2.24, 2.45) is 33.8 Å². The number of nitrogens with zero attached hydrogens (tertiary/aromatic N) is 1. The van der Waals surface area contributed by atoms with Crippen LogP contribution in [-0.2, 0) is 24.0 Å². The summed E-state index contributed by atoms with van der Waals surface area (Å²) in [6.07, 6.45) is 0.415. The zero-order valence-corrected chi connectivity index (χ0v) is 18.3. The molecule has 0 aromatic heterocycles. The number of primary amides is 1. The monoisotopic (exact) mass is 458 g/mol. The number of nitrogens with two attached hydrogens (primary N) is 4. The maximum Gasteiger partial charge on any atom is 0.322 e. The van der Waals surface area contributed by atoms with E-state index in [1.165, 1.54) is 0 Å². The molecule has 4 unspecified atom stereocenters. The number of rotatable bonds is 15. The lowest BCUT2D eigenvalue weighted by Gasteiger charge is -2.24. The molecular weight excluding hydrogens is 424 g/mol. The summed E-state index contributed by atoms with van der Waals surface area (Å²) in [5, 5.41) is 15.7. The summed E-state index contributed by atoms with van der Waals surface area (Å²) in [7, 11) is 0. The molecule has 0 aliphatic heterocycles. The highest BCUT2D eigenvalue weighted by Gasteiger charge is 2.30. The number of carboxylic acid groups (broad SMARTS) is 1. The highest BCUT2D eigenvalue weighted by atomic mass is 16.4. The molecule has 4 atom stereocenters. The number of hydrogen-bond acceptors (Lipinski definition) is 7. The molecule has 182 valence electrons. The molecule has 4 amide bonds. The number of amides is 4. The zero-order valence-electron chi connectivity index (χ0n) is 18.3. The van der Waals surface area contributed by atoms with Gasteiger partial charge in [0.25, 0.3) is 0 Å². The van der Waals surface area contributed by atoms with E-state index in [0.29, 0.717) is 6.42 Å². The second kappa shape index (κ2) is 14.6. The van der Waals surface area contributed by atoms with Crippen LogP contribution in [0.1, 0.15) is 39.5 Å². The SMILES string of the molecule is CCC(C)C(N)C(=O)NC(CC(N)=O)C(=O)NC(CCCN=C(N)N)C(=O)NCC(=O)O. The number of hydrogen-bond donors (Lipinski definition) is 8. The van der Waals surface area contributed by atoms with E-state index in [0.717, 1.165) is 0 Å². The molecular formula is C18H34N8O6. The van der Waals surface area contributed by atoms with Gasteiger partial charge in [0.1, 0.15) is 18.6 Å². The lowest BCUT2D eigenvalue weighted by molar-refractivity contribution is -0.139. The summed E-state index contributed by atoms with van der Waals surface area (Å²) in [5.74, 6) is -4.75. The van der Waals surface area contributed by atoms with Gasteiger partial charge in [0.05, 0.1) is 12.5 Å². The van der Waals surface area contributed by atoms with Crippen LogP contribution in [0.5, 0.6) is 0 Å². The fraction of sp³-hybridized carbons (Fsp3) is 0.667. The molecule has 14 heteroatoms. The van der Waals surface area contributed by atoms with E-state index in [2.05, 4.69) is 20.9 Å². The lowest BCUT2D eigenvalue weighted by Crippen LogP contribution is -2.57. The zero-order chi connectivity index (χ0) is 24.8. The van der Waals surface area contributed by atoms with Crippen molar-refractivity contribution < 1.29 is 29.1 Å². The molecule has 0 saturated heterocycles. The normalized spacial score (nSPS) is 14.2. The van der Waals surface area contributed by atoms with Crippen molar-refractivity contribution in [3.63, 3.8) is 0 Å². The van der Waals surface area contributed by atoms with Crippen molar-refractivity contribution in [3.05, 3.63) is 0 Å². The standard InChI is InChI=1S/C18H34N8O6/c1-3-9(2)14(20)17(32)26-11(7-12(19)27)16(31)25-10(5-4-6-23-18(21)22)15(30)24-8-13(28)29/h9-11,14H,3-8,20H2,1-2H3,(H2,19,27)(H,24,30)(H,25,31)(H,26,32)(H,28,29)(H4,21,22,23). The number of aliphatic carboxylic acids is 1. The first-order chi connectivity index (χ1) is 14.9. The van der Waals surface area contributed by atoms with Gasteiger partial charge in [-0.15, -0.1) is 0 Å². The maximum absolute atomic E-state index is 12.7. The Morgan fingerprint density at radius 2 is 1.56 bits per heavy atom. The fourth-order valence-electron chi connectivity index (χ4n) is 2.52. The van der Waals surface area contributed by atoms with E-state index < -0.39 is 60.7 Å². The Labute approximate surface area is 185 Å². The van der Waals surface area contributed by atoms with E-state index in [-0.39, 0.29) is 31.3 Å². The van der Waals surface area contributed by atoms with Gasteiger partial charge in [-0.1, -0.05) is 20.3 Å². The van der Waals surface area contributed by atoms with Gasteiger partial charge >= 0.3 is 5.97 Å². The van der Waals surface area contributed by atoms with Crippen molar-refractivity contribution in [2.45, 2.75) is 57.7 Å². The van der Waals surface area contributed by atoms with Gasteiger partial charge in [-0.2, -0.15) is 0 Å². The first kappa shape index (κ1) is 28.6.